The molecule has 0 spiro atoms. The van der Waals surface area contributed by atoms with Gasteiger partial charge < -0.3 is 5.11 Å². The normalized spacial score (nSPS) is 11.4. The topological polar surface area (TPSA) is 37.3 Å². The molecule has 0 bridgehead atoms. The van der Waals surface area contributed by atoms with Crippen LogP contribution >= 0.6 is 0 Å². The van der Waals surface area contributed by atoms with Crippen molar-refractivity contribution in [2.75, 3.05) is 0 Å². The van der Waals surface area contributed by atoms with E-state index in [1.807, 2.05) is 6.07 Å². The average Bonchev–Trinajstić information content (AvgIpc) is 2.08. The average molecular weight is 176 g/mol. The summed E-state index contributed by atoms with van der Waals surface area (Å²) in [6.45, 7) is 3.24. The van der Waals surface area contributed by atoms with Crippen molar-refractivity contribution in [2.45, 2.75) is 13.8 Å². The Morgan fingerprint density at radius 3 is 2.46 bits per heavy atom. The Morgan fingerprint density at radius 1 is 1.31 bits per heavy atom. The third-order valence-electron chi connectivity index (χ3n) is 1.86. The zero-order chi connectivity index (χ0) is 9.84. The van der Waals surface area contributed by atoms with Crippen LogP contribution in [0.4, 0.5) is 0 Å². The number of phenolic OH excluding ortho intramolecular Hbond substituents is 1. The molecule has 0 fully saturated rings. The molecule has 1 aromatic carbocycles. The number of phenols is 1. The van der Waals surface area contributed by atoms with E-state index in [1.165, 1.54) is 6.92 Å². The minimum Gasteiger partial charge on any atom is -0.507 e. The van der Waals surface area contributed by atoms with Crippen LogP contribution in [0.1, 0.15) is 19.4 Å². The molecule has 2 heteroatoms. The molecule has 0 saturated heterocycles. The summed E-state index contributed by atoms with van der Waals surface area (Å²) in [5.74, 6) is 0.214. The number of carbonyl (C=O) groups excluding carboxylic acids is 1. The maximum atomic E-state index is 10.9. The molecule has 2 nitrogen and oxygen atoms in total. The molecule has 0 aliphatic heterocycles. The van der Waals surface area contributed by atoms with Crippen molar-refractivity contribution in [1.29, 1.82) is 0 Å². The number of Topliss-reactive ketones (excluding diaryl/α,β-unsaturated/α-hetero) is 1. The van der Waals surface area contributed by atoms with Crippen molar-refractivity contribution in [1.82, 2.24) is 0 Å². The highest BCUT2D eigenvalue weighted by atomic mass is 16.3. The van der Waals surface area contributed by atoms with Crippen molar-refractivity contribution in [3.63, 3.8) is 0 Å². The summed E-state index contributed by atoms with van der Waals surface area (Å²) in [6, 6.07) is 6.93. The standard InChI is InChI=1S/C11H12O2/c1-8(9(2)12)7-10-5-3-4-6-11(10)13/h3-7,13H,1-2H3/b8-7-. The molecule has 0 radical (unpaired) electrons. The minimum absolute atomic E-state index is 0.0169. The lowest BCUT2D eigenvalue weighted by atomic mass is 10.1. The highest BCUT2D eigenvalue weighted by Crippen LogP contribution is 2.18. The van der Waals surface area contributed by atoms with Crippen LogP contribution < -0.4 is 0 Å². The third-order valence-corrected chi connectivity index (χ3v) is 1.86. The van der Waals surface area contributed by atoms with Crippen LogP contribution in [0.2, 0.25) is 0 Å². The molecule has 0 atom stereocenters. The zero-order valence-corrected chi connectivity index (χ0v) is 7.74. The summed E-state index contributed by atoms with van der Waals surface area (Å²) in [7, 11) is 0. The first-order valence-electron chi connectivity index (χ1n) is 4.08. The van der Waals surface area contributed by atoms with Gasteiger partial charge in [-0.1, -0.05) is 18.2 Å². The fourth-order valence-corrected chi connectivity index (χ4v) is 0.944. The number of benzene rings is 1. The Hall–Kier alpha value is -1.57. The lowest BCUT2D eigenvalue weighted by Crippen LogP contribution is -1.90. The van der Waals surface area contributed by atoms with Gasteiger partial charge in [-0.2, -0.15) is 0 Å². The van der Waals surface area contributed by atoms with Gasteiger partial charge in [0.2, 0.25) is 0 Å². The van der Waals surface area contributed by atoms with E-state index in [0.717, 1.165) is 0 Å². The Morgan fingerprint density at radius 2 is 1.92 bits per heavy atom. The van der Waals surface area contributed by atoms with Crippen LogP contribution in [0.15, 0.2) is 29.8 Å². The summed E-state index contributed by atoms with van der Waals surface area (Å²) < 4.78 is 0. The predicted octanol–water partition coefficient (Wildman–Crippen LogP) is 2.38. The lowest BCUT2D eigenvalue weighted by molar-refractivity contribution is -0.113. The second-order valence-corrected chi connectivity index (χ2v) is 2.94. The van der Waals surface area contributed by atoms with E-state index in [-0.39, 0.29) is 11.5 Å². The number of allylic oxidation sites excluding steroid dienone is 1. The fourth-order valence-electron chi connectivity index (χ4n) is 0.944. The van der Waals surface area contributed by atoms with Gasteiger partial charge in [0, 0.05) is 5.56 Å². The monoisotopic (exact) mass is 176 g/mol. The van der Waals surface area contributed by atoms with Crippen LogP contribution in [0.5, 0.6) is 5.75 Å². The number of carbonyl (C=O) groups is 1. The van der Waals surface area contributed by atoms with Crippen LogP contribution in [0.3, 0.4) is 0 Å². The third kappa shape index (κ3) is 2.44. The minimum atomic E-state index is 0.0169. The van der Waals surface area contributed by atoms with Gasteiger partial charge in [-0.15, -0.1) is 0 Å². The molecule has 1 rings (SSSR count). The van der Waals surface area contributed by atoms with Crippen LogP contribution in [-0.2, 0) is 4.79 Å². The van der Waals surface area contributed by atoms with E-state index < -0.39 is 0 Å². The van der Waals surface area contributed by atoms with E-state index in [2.05, 4.69) is 0 Å². The number of ketones is 1. The quantitative estimate of drug-likeness (QED) is 0.702. The second-order valence-electron chi connectivity index (χ2n) is 2.94. The van der Waals surface area contributed by atoms with Gasteiger partial charge in [0.15, 0.2) is 5.78 Å². The van der Waals surface area contributed by atoms with Gasteiger partial charge in [0.25, 0.3) is 0 Å². The number of para-hydroxylation sites is 1. The van der Waals surface area contributed by atoms with E-state index in [9.17, 15) is 9.90 Å². The van der Waals surface area contributed by atoms with Crippen LogP contribution in [0.25, 0.3) is 6.08 Å². The number of aromatic hydroxyl groups is 1. The summed E-state index contributed by atoms with van der Waals surface area (Å²) >= 11 is 0. The van der Waals surface area contributed by atoms with Gasteiger partial charge in [-0.25, -0.2) is 0 Å². The smallest absolute Gasteiger partial charge is 0.155 e. The van der Waals surface area contributed by atoms with Crippen molar-refractivity contribution in [3.05, 3.63) is 35.4 Å². The highest BCUT2D eigenvalue weighted by Gasteiger charge is 1.99. The van der Waals surface area contributed by atoms with Gasteiger partial charge in [0.05, 0.1) is 0 Å². The van der Waals surface area contributed by atoms with E-state index in [1.54, 1.807) is 31.2 Å². The van der Waals surface area contributed by atoms with Gasteiger partial charge in [-0.3, -0.25) is 4.79 Å². The van der Waals surface area contributed by atoms with E-state index in [4.69, 9.17) is 0 Å². The number of rotatable bonds is 2. The van der Waals surface area contributed by atoms with Gasteiger partial charge in [0.1, 0.15) is 5.75 Å². The summed E-state index contributed by atoms with van der Waals surface area (Å²) in [6.07, 6.45) is 1.68. The lowest BCUT2D eigenvalue weighted by Gasteiger charge is -1.99. The van der Waals surface area contributed by atoms with Crippen molar-refractivity contribution in [3.8, 4) is 5.75 Å². The van der Waals surface area contributed by atoms with Crippen molar-refractivity contribution in [2.24, 2.45) is 0 Å². The molecule has 0 aromatic heterocycles. The maximum absolute atomic E-state index is 10.9. The molecule has 0 aliphatic carbocycles. The second kappa shape index (κ2) is 3.90. The number of hydrogen-bond donors (Lipinski definition) is 1. The summed E-state index contributed by atoms with van der Waals surface area (Å²) in [4.78, 5) is 10.9. The Balaban J connectivity index is 3.04. The fraction of sp³-hybridized carbons (Fsp3) is 0.182. The Labute approximate surface area is 77.5 Å². The summed E-state index contributed by atoms with van der Waals surface area (Å²) in [5.41, 5.74) is 1.32. The molecule has 0 aliphatic rings. The molecule has 68 valence electrons. The molecule has 13 heavy (non-hydrogen) atoms. The zero-order valence-electron chi connectivity index (χ0n) is 7.74. The Bertz CT molecular complexity index is 351. The first-order valence-corrected chi connectivity index (χ1v) is 4.08. The van der Waals surface area contributed by atoms with Crippen molar-refractivity contribution < 1.29 is 9.90 Å². The summed E-state index contributed by atoms with van der Waals surface area (Å²) in [5, 5.41) is 9.39. The van der Waals surface area contributed by atoms with Gasteiger partial charge in [-0.05, 0) is 31.6 Å². The highest BCUT2D eigenvalue weighted by molar-refractivity contribution is 5.97. The molecule has 1 N–H and O–H groups in total. The molecule has 0 amide bonds. The molecule has 0 saturated carbocycles. The SMILES string of the molecule is CC(=O)/C(C)=C\c1ccccc1O. The van der Waals surface area contributed by atoms with Crippen LogP contribution in [-0.4, -0.2) is 10.9 Å². The largest absolute Gasteiger partial charge is 0.507 e. The first kappa shape index (κ1) is 9.52. The van der Waals surface area contributed by atoms with Gasteiger partial charge >= 0.3 is 0 Å². The van der Waals surface area contributed by atoms with E-state index in [0.29, 0.717) is 11.1 Å². The van der Waals surface area contributed by atoms with Crippen molar-refractivity contribution >= 4 is 11.9 Å². The van der Waals surface area contributed by atoms with Crippen LogP contribution in [0, 0.1) is 0 Å². The molecular weight excluding hydrogens is 164 g/mol. The first-order chi connectivity index (χ1) is 6.11. The maximum Gasteiger partial charge on any atom is 0.155 e. The molecule has 0 heterocycles. The predicted molar refractivity (Wildman–Crippen MR) is 52.4 cm³/mol. The number of hydrogen-bond acceptors (Lipinski definition) is 2. The Kier molecular flexibility index (Phi) is 2.85. The molecule has 1 aromatic rings. The molecule has 0 unspecified atom stereocenters. The van der Waals surface area contributed by atoms with E-state index >= 15 is 0 Å². The molecular formula is C11H12O2.